The maximum absolute atomic E-state index is 3.36. The lowest BCUT2D eigenvalue weighted by molar-refractivity contribution is 0.438. The molecule has 0 aromatic carbocycles. The first-order valence-electron chi connectivity index (χ1n) is 6.33. The quantitative estimate of drug-likeness (QED) is 0.490. The maximum atomic E-state index is 3.36. The van der Waals surface area contributed by atoms with Crippen LogP contribution in [-0.4, -0.2) is 0 Å². The van der Waals surface area contributed by atoms with Crippen LogP contribution in [0.4, 0.5) is 0 Å². The third-order valence-electron chi connectivity index (χ3n) is 2.12. The van der Waals surface area contributed by atoms with Gasteiger partial charge >= 0.3 is 0 Å². The maximum Gasteiger partial charge on any atom is -0.0420 e. The van der Waals surface area contributed by atoms with Crippen LogP contribution in [0, 0.1) is 5.92 Å². The summed E-state index contributed by atoms with van der Waals surface area (Å²) < 4.78 is 0. The van der Waals surface area contributed by atoms with E-state index in [1.807, 2.05) is 20.8 Å². The number of hydrogen-bond donors (Lipinski definition) is 0. The summed E-state index contributed by atoms with van der Waals surface area (Å²) in [4.78, 5) is 0. The van der Waals surface area contributed by atoms with Gasteiger partial charge in [-0.3, -0.25) is 0 Å². The lowest BCUT2D eigenvalue weighted by Crippen LogP contribution is -1.95. The monoisotopic (exact) mass is 200 g/mol. The largest absolute Gasteiger partial charge is 0.103 e. The molecular formula is C14H32. The van der Waals surface area contributed by atoms with Gasteiger partial charge in [-0.05, 0) is 12.8 Å². The number of allylic oxidation sites excluding steroid dienone is 1. The van der Waals surface area contributed by atoms with Crippen molar-refractivity contribution in [3.8, 4) is 0 Å². The average molecular weight is 200 g/mol. The number of unbranched alkanes of at least 4 members (excludes halogenated alkanes) is 1. The van der Waals surface area contributed by atoms with E-state index in [1.54, 1.807) is 6.08 Å². The summed E-state index contributed by atoms with van der Waals surface area (Å²) in [5.41, 5.74) is 0. The van der Waals surface area contributed by atoms with Gasteiger partial charge in [-0.1, -0.05) is 72.8 Å². The van der Waals surface area contributed by atoms with Crippen molar-refractivity contribution in [3.63, 3.8) is 0 Å². The Morgan fingerprint density at radius 3 is 1.64 bits per heavy atom. The summed E-state index contributed by atoms with van der Waals surface area (Å²) in [6.45, 7) is 16.1. The predicted molar refractivity (Wildman–Crippen MR) is 70.8 cm³/mol. The Labute approximate surface area is 92.8 Å². The Hall–Kier alpha value is -0.260. The molecule has 0 aliphatic carbocycles. The summed E-state index contributed by atoms with van der Waals surface area (Å²) in [7, 11) is 0. The van der Waals surface area contributed by atoms with Crippen LogP contribution in [0.25, 0.3) is 0 Å². The van der Waals surface area contributed by atoms with Crippen molar-refractivity contribution in [2.45, 2.75) is 73.6 Å². The van der Waals surface area contributed by atoms with E-state index in [0.29, 0.717) is 0 Å². The van der Waals surface area contributed by atoms with Crippen molar-refractivity contribution in [2.24, 2.45) is 5.92 Å². The molecule has 14 heavy (non-hydrogen) atoms. The van der Waals surface area contributed by atoms with Crippen molar-refractivity contribution in [3.05, 3.63) is 12.7 Å². The highest BCUT2D eigenvalue weighted by molar-refractivity contribution is 4.53. The molecule has 0 bridgehead atoms. The molecule has 0 aliphatic rings. The van der Waals surface area contributed by atoms with Crippen LogP contribution in [0.5, 0.6) is 0 Å². The Morgan fingerprint density at radius 1 is 1.07 bits per heavy atom. The molecule has 0 aliphatic heterocycles. The van der Waals surface area contributed by atoms with Crippen LogP contribution >= 0.6 is 0 Å². The van der Waals surface area contributed by atoms with Crippen LogP contribution < -0.4 is 0 Å². The fraction of sp³-hybridized carbons (Fsp3) is 0.857. The van der Waals surface area contributed by atoms with Crippen LogP contribution in [0.1, 0.15) is 73.6 Å². The van der Waals surface area contributed by atoms with Crippen LogP contribution in [0.2, 0.25) is 0 Å². The molecule has 0 rings (SSSR count). The van der Waals surface area contributed by atoms with E-state index >= 15 is 0 Å². The molecule has 0 unspecified atom stereocenters. The second-order valence-electron chi connectivity index (χ2n) is 3.23. The second-order valence-corrected chi connectivity index (χ2v) is 3.23. The molecule has 0 nitrogen and oxygen atoms in total. The summed E-state index contributed by atoms with van der Waals surface area (Å²) in [5, 5.41) is 0. The molecular weight excluding hydrogens is 168 g/mol. The van der Waals surface area contributed by atoms with E-state index in [9.17, 15) is 0 Å². The molecule has 0 saturated carbocycles. The number of hydrogen-bond acceptors (Lipinski definition) is 0. The lowest BCUT2D eigenvalue weighted by Gasteiger charge is -2.09. The van der Waals surface area contributed by atoms with Gasteiger partial charge in [-0.25, -0.2) is 0 Å². The first-order valence-corrected chi connectivity index (χ1v) is 6.33. The molecule has 0 atom stereocenters. The zero-order valence-electron chi connectivity index (χ0n) is 11.4. The van der Waals surface area contributed by atoms with Crippen molar-refractivity contribution in [1.82, 2.24) is 0 Å². The van der Waals surface area contributed by atoms with Gasteiger partial charge in [-0.15, -0.1) is 6.58 Å². The lowest BCUT2D eigenvalue weighted by atomic mass is 9.97. The molecule has 0 aromatic rings. The van der Waals surface area contributed by atoms with Gasteiger partial charge in [0.1, 0.15) is 0 Å². The standard InChI is InChI=1S/C9H20.C3H6.C2H6/c1-4-7-8-9(5-2)6-3;1-3-2;1-2/h9H,4-8H2,1-3H3;3H,1H2,2H3;1-2H3. The first kappa shape index (κ1) is 19.3. The minimum atomic E-state index is 1.00. The molecule has 0 amide bonds. The van der Waals surface area contributed by atoms with Crippen LogP contribution in [0.3, 0.4) is 0 Å². The minimum Gasteiger partial charge on any atom is -0.103 e. The highest BCUT2D eigenvalue weighted by Crippen LogP contribution is 2.15. The van der Waals surface area contributed by atoms with E-state index in [1.165, 1.54) is 32.1 Å². The number of rotatable bonds is 5. The third-order valence-corrected chi connectivity index (χ3v) is 2.12. The molecule has 0 saturated heterocycles. The van der Waals surface area contributed by atoms with Gasteiger partial charge in [-0.2, -0.15) is 0 Å². The summed E-state index contributed by atoms with van der Waals surface area (Å²) in [5.74, 6) is 1.00. The van der Waals surface area contributed by atoms with E-state index in [4.69, 9.17) is 0 Å². The molecule has 0 N–H and O–H groups in total. The van der Waals surface area contributed by atoms with E-state index in [0.717, 1.165) is 5.92 Å². The van der Waals surface area contributed by atoms with Crippen LogP contribution in [0.15, 0.2) is 12.7 Å². The van der Waals surface area contributed by atoms with Crippen molar-refractivity contribution >= 4 is 0 Å². The first-order chi connectivity index (χ1) is 6.76. The fourth-order valence-corrected chi connectivity index (χ4v) is 1.19. The summed E-state index contributed by atoms with van der Waals surface area (Å²) >= 11 is 0. The Balaban J connectivity index is -0.000000205. The normalized spacial score (nSPS) is 8.21. The van der Waals surface area contributed by atoms with Crippen molar-refractivity contribution in [2.75, 3.05) is 0 Å². The Morgan fingerprint density at radius 2 is 1.43 bits per heavy atom. The van der Waals surface area contributed by atoms with E-state index in [2.05, 4.69) is 27.4 Å². The molecule has 0 radical (unpaired) electrons. The van der Waals surface area contributed by atoms with Gasteiger partial charge in [0.05, 0.1) is 0 Å². The third kappa shape index (κ3) is 22.6. The van der Waals surface area contributed by atoms with Gasteiger partial charge in [0.2, 0.25) is 0 Å². The second kappa shape index (κ2) is 23.0. The predicted octanol–water partition coefficient (Wildman–Crippen LogP) is 5.83. The SMILES string of the molecule is C=CC.CC.CCCCC(CC)CC. The smallest absolute Gasteiger partial charge is 0.0420 e. The highest BCUT2D eigenvalue weighted by atomic mass is 14.1. The molecule has 0 aromatic heterocycles. The van der Waals surface area contributed by atoms with Gasteiger partial charge in [0.25, 0.3) is 0 Å². The summed E-state index contributed by atoms with van der Waals surface area (Å²) in [6, 6.07) is 0. The Kier molecular flexibility index (Phi) is 31.7. The average Bonchev–Trinajstić information content (AvgIpc) is 2.24. The Bertz CT molecular complexity index is 70.1. The topological polar surface area (TPSA) is 0 Å². The van der Waals surface area contributed by atoms with Gasteiger partial charge < -0.3 is 0 Å². The van der Waals surface area contributed by atoms with Crippen molar-refractivity contribution < 1.29 is 0 Å². The van der Waals surface area contributed by atoms with E-state index < -0.39 is 0 Å². The minimum absolute atomic E-state index is 1.00. The van der Waals surface area contributed by atoms with E-state index in [-0.39, 0.29) is 0 Å². The molecule has 0 heteroatoms. The molecule has 0 heterocycles. The zero-order chi connectivity index (χ0) is 11.8. The highest BCUT2D eigenvalue weighted by Gasteiger charge is 2.00. The van der Waals surface area contributed by atoms with Crippen molar-refractivity contribution in [1.29, 1.82) is 0 Å². The molecule has 0 fully saturated rings. The fourth-order valence-electron chi connectivity index (χ4n) is 1.19. The molecule has 0 spiro atoms. The molecule has 88 valence electrons. The summed E-state index contributed by atoms with van der Waals surface area (Å²) in [6.07, 6.45) is 8.72. The van der Waals surface area contributed by atoms with Gasteiger partial charge in [0, 0.05) is 0 Å². The zero-order valence-corrected chi connectivity index (χ0v) is 11.4. The van der Waals surface area contributed by atoms with Crippen LogP contribution in [-0.2, 0) is 0 Å². The van der Waals surface area contributed by atoms with Gasteiger partial charge in [0.15, 0.2) is 0 Å².